The molecule has 10 nitrogen and oxygen atoms in total. The Morgan fingerprint density at radius 1 is 0.917 bits per heavy atom. The summed E-state index contributed by atoms with van der Waals surface area (Å²) in [6.45, 7) is 3.26. The smallest absolute Gasteiger partial charge is 0.339 e. The van der Waals surface area contributed by atoms with Crippen molar-refractivity contribution in [2.45, 2.75) is 25.4 Å². The molecule has 2 saturated heterocycles. The van der Waals surface area contributed by atoms with E-state index in [1.54, 1.807) is 24.3 Å². The first-order valence-electron chi connectivity index (χ1n) is 11.8. The lowest BCUT2D eigenvalue weighted by atomic mass is 10.0. The van der Waals surface area contributed by atoms with E-state index >= 15 is 0 Å². The lowest BCUT2D eigenvalue weighted by Crippen LogP contribution is -2.56. The zero-order chi connectivity index (χ0) is 25.2. The van der Waals surface area contributed by atoms with Crippen LogP contribution in [0, 0.1) is 0 Å². The normalized spacial score (nSPS) is 20.6. The van der Waals surface area contributed by atoms with Crippen LogP contribution in [0.15, 0.2) is 48.5 Å². The fraction of sp³-hybridized carbons (Fsp3) is 0.346. The highest BCUT2D eigenvalue weighted by atomic mass is 16.5. The third kappa shape index (κ3) is 4.52. The monoisotopic (exact) mass is 491 g/mol. The molecule has 0 saturated carbocycles. The molecule has 3 aliphatic rings. The van der Waals surface area contributed by atoms with Gasteiger partial charge < -0.3 is 9.47 Å². The maximum Gasteiger partial charge on any atom is 0.339 e. The minimum atomic E-state index is -1.13. The Kier molecular flexibility index (Phi) is 6.62. The second kappa shape index (κ2) is 10.00. The van der Waals surface area contributed by atoms with Crippen LogP contribution in [0.4, 0.5) is 0 Å². The van der Waals surface area contributed by atoms with Crippen molar-refractivity contribution in [1.82, 2.24) is 14.7 Å². The summed E-state index contributed by atoms with van der Waals surface area (Å²) in [7, 11) is 0. The standard InChI is InChI=1S/C26H25N3O7/c30-22-10-9-21(29-23(31)19-3-1-2-4-20(19)24(29)32)25(33)28(22)16-36-26(34)18-7-5-17(6-8-18)15-27-11-13-35-14-12-27/h1-8,21H,9-16H2. The van der Waals surface area contributed by atoms with E-state index in [2.05, 4.69) is 4.90 Å². The number of imide groups is 2. The van der Waals surface area contributed by atoms with E-state index in [1.807, 2.05) is 12.1 Å². The molecule has 4 amide bonds. The molecule has 2 fully saturated rings. The van der Waals surface area contributed by atoms with E-state index in [0.29, 0.717) is 13.2 Å². The highest BCUT2D eigenvalue weighted by Crippen LogP contribution is 2.29. The summed E-state index contributed by atoms with van der Waals surface area (Å²) in [6, 6.07) is 12.1. The van der Waals surface area contributed by atoms with E-state index in [9.17, 15) is 24.0 Å². The Morgan fingerprint density at radius 2 is 1.56 bits per heavy atom. The predicted octanol–water partition coefficient (Wildman–Crippen LogP) is 1.45. The number of nitrogens with zero attached hydrogens (tertiary/aromatic N) is 3. The second-order valence-corrected chi connectivity index (χ2v) is 8.89. The number of carbonyl (C=O) groups is 5. The molecule has 0 aliphatic carbocycles. The highest BCUT2D eigenvalue weighted by molar-refractivity contribution is 6.23. The van der Waals surface area contributed by atoms with Gasteiger partial charge in [0.05, 0.1) is 29.9 Å². The van der Waals surface area contributed by atoms with E-state index in [1.165, 1.54) is 12.1 Å². The Balaban J connectivity index is 1.21. The molecule has 0 aromatic heterocycles. The number of rotatable bonds is 6. The minimum Gasteiger partial charge on any atom is -0.440 e. The fourth-order valence-electron chi connectivity index (χ4n) is 4.66. The SMILES string of the molecule is O=C(OCN1C(=O)CCC(N2C(=O)c3ccccc3C2=O)C1=O)c1ccc(CN2CCOCC2)cc1. The molecular formula is C26H25N3O7. The molecular weight excluding hydrogens is 466 g/mol. The number of amides is 4. The molecule has 3 heterocycles. The zero-order valence-corrected chi connectivity index (χ0v) is 19.6. The number of fused-ring (bicyclic) bond motifs is 1. The molecule has 0 bridgehead atoms. The van der Waals surface area contributed by atoms with Gasteiger partial charge in [0.2, 0.25) is 5.91 Å². The summed E-state index contributed by atoms with van der Waals surface area (Å²) in [6.07, 6.45) is -0.0320. The molecule has 36 heavy (non-hydrogen) atoms. The van der Waals surface area contributed by atoms with Gasteiger partial charge in [-0.05, 0) is 36.2 Å². The summed E-state index contributed by atoms with van der Waals surface area (Å²) < 4.78 is 10.6. The maximum atomic E-state index is 13.1. The molecule has 5 rings (SSSR count). The van der Waals surface area contributed by atoms with Gasteiger partial charge in [-0.1, -0.05) is 24.3 Å². The van der Waals surface area contributed by atoms with Crippen molar-refractivity contribution in [2.24, 2.45) is 0 Å². The third-order valence-electron chi connectivity index (χ3n) is 6.65. The van der Waals surface area contributed by atoms with Crippen molar-refractivity contribution in [1.29, 1.82) is 0 Å². The van der Waals surface area contributed by atoms with Crippen LogP contribution in [0.25, 0.3) is 0 Å². The van der Waals surface area contributed by atoms with Crippen molar-refractivity contribution in [3.63, 3.8) is 0 Å². The van der Waals surface area contributed by atoms with Crippen LogP contribution in [0.1, 0.15) is 49.5 Å². The zero-order valence-electron chi connectivity index (χ0n) is 19.6. The molecule has 1 unspecified atom stereocenters. The van der Waals surface area contributed by atoms with E-state index in [0.717, 1.165) is 35.0 Å². The van der Waals surface area contributed by atoms with Crippen molar-refractivity contribution in [3.05, 3.63) is 70.8 Å². The largest absolute Gasteiger partial charge is 0.440 e. The molecule has 186 valence electrons. The van der Waals surface area contributed by atoms with Crippen LogP contribution < -0.4 is 0 Å². The van der Waals surface area contributed by atoms with Crippen LogP contribution in [0.5, 0.6) is 0 Å². The van der Waals surface area contributed by atoms with Gasteiger partial charge in [0.25, 0.3) is 17.7 Å². The molecule has 10 heteroatoms. The van der Waals surface area contributed by atoms with Gasteiger partial charge in [-0.3, -0.25) is 29.0 Å². The number of carbonyl (C=O) groups excluding carboxylic acids is 5. The summed E-state index contributed by atoms with van der Waals surface area (Å²) in [5.74, 6) is -3.10. The lowest BCUT2D eigenvalue weighted by molar-refractivity contribution is -0.156. The molecule has 0 N–H and O–H groups in total. The Bertz CT molecular complexity index is 1190. The fourth-order valence-corrected chi connectivity index (χ4v) is 4.66. The number of likely N-dealkylation sites (tertiary alicyclic amines) is 1. The lowest BCUT2D eigenvalue weighted by Gasteiger charge is -2.33. The molecule has 0 radical (unpaired) electrons. The summed E-state index contributed by atoms with van der Waals surface area (Å²) in [4.78, 5) is 67.7. The van der Waals surface area contributed by atoms with Gasteiger partial charge >= 0.3 is 5.97 Å². The van der Waals surface area contributed by atoms with E-state index in [4.69, 9.17) is 9.47 Å². The predicted molar refractivity (Wildman–Crippen MR) is 125 cm³/mol. The quantitative estimate of drug-likeness (QED) is 0.441. The third-order valence-corrected chi connectivity index (χ3v) is 6.65. The topological polar surface area (TPSA) is 114 Å². The van der Waals surface area contributed by atoms with Crippen molar-refractivity contribution < 1.29 is 33.4 Å². The number of hydrogen-bond acceptors (Lipinski definition) is 8. The first-order valence-corrected chi connectivity index (χ1v) is 11.8. The van der Waals surface area contributed by atoms with Crippen LogP contribution in [-0.2, 0) is 25.6 Å². The molecule has 3 aliphatic heterocycles. The van der Waals surface area contributed by atoms with E-state index in [-0.39, 0.29) is 29.5 Å². The minimum absolute atomic E-state index is 0.0260. The van der Waals surface area contributed by atoms with Gasteiger partial charge in [-0.2, -0.15) is 0 Å². The number of hydrogen-bond donors (Lipinski definition) is 0. The van der Waals surface area contributed by atoms with Crippen LogP contribution in [0.2, 0.25) is 0 Å². The van der Waals surface area contributed by atoms with Gasteiger partial charge in [0, 0.05) is 26.1 Å². The average molecular weight is 492 g/mol. The van der Waals surface area contributed by atoms with Crippen molar-refractivity contribution in [3.8, 4) is 0 Å². The highest BCUT2D eigenvalue weighted by Gasteiger charge is 2.47. The first kappa shape index (κ1) is 23.8. The van der Waals surface area contributed by atoms with Gasteiger partial charge in [-0.15, -0.1) is 0 Å². The number of ether oxygens (including phenoxy) is 2. The van der Waals surface area contributed by atoms with Gasteiger partial charge in [-0.25, -0.2) is 9.69 Å². The van der Waals surface area contributed by atoms with Crippen molar-refractivity contribution in [2.75, 3.05) is 33.0 Å². The number of benzene rings is 2. The van der Waals surface area contributed by atoms with Gasteiger partial charge in [0.15, 0.2) is 6.73 Å². The van der Waals surface area contributed by atoms with Crippen LogP contribution >= 0.6 is 0 Å². The van der Waals surface area contributed by atoms with E-state index < -0.39 is 42.4 Å². The number of piperidine rings is 1. The summed E-state index contributed by atoms with van der Waals surface area (Å²) in [5, 5.41) is 0. The maximum absolute atomic E-state index is 13.1. The average Bonchev–Trinajstić information content (AvgIpc) is 3.15. The molecule has 1 atom stereocenters. The summed E-state index contributed by atoms with van der Waals surface area (Å²) in [5.41, 5.74) is 1.78. The second-order valence-electron chi connectivity index (χ2n) is 8.89. The van der Waals surface area contributed by atoms with Crippen molar-refractivity contribution >= 4 is 29.6 Å². The number of morpholine rings is 1. The van der Waals surface area contributed by atoms with Gasteiger partial charge in [0.1, 0.15) is 6.04 Å². The first-order chi connectivity index (χ1) is 17.4. The Morgan fingerprint density at radius 3 is 2.19 bits per heavy atom. The Labute approximate surface area is 207 Å². The van der Waals surface area contributed by atoms with Crippen LogP contribution in [-0.4, -0.2) is 83.4 Å². The summed E-state index contributed by atoms with van der Waals surface area (Å²) >= 11 is 0. The molecule has 0 spiro atoms. The van der Waals surface area contributed by atoms with Crippen LogP contribution in [0.3, 0.4) is 0 Å². The molecule has 2 aromatic rings. The molecule has 2 aromatic carbocycles. The number of esters is 1. The Hall–Kier alpha value is -3.89.